The minimum Gasteiger partial charge on any atom is -0.469 e. The zero-order valence-corrected chi connectivity index (χ0v) is 17.0. The summed E-state index contributed by atoms with van der Waals surface area (Å²) in [6.07, 6.45) is 2.55. The summed E-state index contributed by atoms with van der Waals surface area (Å²) in [5.74, 6) is 1.83. The van der Waals surface area contributed by atoms with E-state index < -0.39 is 0 Å². The van der Waals surface area contributed by atoms with Crippen molar-refractivity contribution in [1.82, 2.24) is 15.5 Å². The normalized spacial score (nSPS) is 16.7. The molecule has 0 bridgehead atoms. The predicted octanol–water partition coefficient (Wildman–Crippen LogP) is 2.76. The number of morpholine rings is 1. The molecule has 1 aliphatic rings. The Hall–Kier alpha value is -2.31. The Morgan fingerprint density at radius 1 is 1.18 bits per heavy atom. The van der Waals surface area contributed by atoms with Gasteiger partial charge in [0.2, 0.25) is 0 Å². The number of hydrogen-bond donors (Lipinski definition) is 2. The first-order valence-corrected chi connectivity index (χ1v) is 10.2. The van der Waals surface area contributed by atoms with Gasteiger partial charge in [-0.05, 0) is 31.5 Å². The van der Waals surface area contributed by atoms with E-state index in [4.69, 9.17) is 14.1 Å². The molecule has 6 heteroatoms. The van der Waals surface area contributed by atoms with E-state index in [9.17, 15) is 0 Å². The fraction of sp³-hybridized carbons (Fsp3) is 0.500. The molecule has 2 heterocycles. The van der Waals surface area contributed by atoms with E-state index in [1.165, 1.54) is 11.1 Å². The Bertz CT molecular complexity index is 724. The van der Waals surface area contributed by atoms with Crippen LogP contribution in [0.4, 0.5) is 0 Å². The van der Waals surface area contributed by atoms with Gasteiger partial charge in [-0.25, -0.2) is 0 Å². The van der Waals surface area contributed by atoms with E-state index in [1.807, 2.05) is 12.1 Å². The van der Waals surface area contributed by atoms with Gasteiger partial charge in [-0.1, -0.05) is 29.8 Å². The maximum Gasteiger partial charge on any atom is 0.191 e. The fourth-order valence-corrected chi connectivity index (χ4v) is 3.48. The third-order valence-corrected chi connectivity index (χ3v) is 4.92. The van der Waals surface area contributed by atoms with Crippen LogP contribution in [0.25, 0.3) is 0 Å². The number of furan rings is 1. The Labute approximate surface area is 168 Å². The topological polar surface area (TPSA) is 62.0 Å². The number of guanidine groups is 1. The van der Waals surface area contributed by atoms with Crippen molar-refractivity contribution in [2.75, 3.05) is 45.9 Å². The van der Waals surface area contributed by atoms with Crippen molar-refractivity contribution in [3.8, 4) is 0 Å². The van der Waals surface area contributed by atoms with Crippen LogP contribution in [0.1, 0.15) is 29.9 Å². The number of hydrogen-bond acceptors (Lipinski definition) is 4. The molecule has 1 unspecified atom stereocenters. The van der Waals surface area contributed by atoms with Gasteiger partial charge in [0, 0.05) is 32.6 Å². The molecule has 1 aromatic heterocycles. The van der Waals surface area contributed by atoms with Gasteiger partial charge in [0.1, 0.15) is 5.76 Å². The second-order valence-electron chi connectivity index (χ2n) is 7.05. The largest absolute Gasteiger partial charge is 0.469 e. The van der Waals surface area contributed by atoms with Gasteiger partial charge < -0.3 is 19.8 Å². The molecule has 0 aliphatic carbocycles. The molecule has 1 aliphatic heterocycles. The van der Waals surface area contributed by atoms with Crippen LogP contribution < -0.4 is 10.6 Å². The summed E-state index contributed by atoms with van der Waals surface area (Å²) >= 11 is 0. The molecule has 3 rings (SSSR count). The number of nitrogens with one attached hydrogen (secondary N) is 2. The van der Waals surface area contributed by atoms with E-state index in [-0.39, 0.29) is 6.04 Å². The molecule has 2 N–H and O–H groups in total. The Balaban J connectivity index is 1.67. The quantitative estimate of drug-likeness (QED) is 0.541. The van der Waals surface area contributed by atoms with Gasteiger partial charge in [0.05, 0.1) is 32.1 Å². The van der Waals surface area contributed by atoms with Crippen LogP contribution in [-0.2, 0) is 11.2 Å². The highest BCUT2D eigenvalue weighted by atomic mass is 16.5. The molecule has 0 spiro atoms. The molecule has 152 valence electrons. The van der Waals surface area contributed by atoms with Gasteiger partial charge >= 0.3 is 0 Å². The van der Waals surface area contributed by atoms with Crippen LogP contribution in [0.3, 0.4) is 0 Å². The van der Waals surface area contributed by atoms with Gasteiger partial charge in [0.25, 0.3) is 0 Å². The summed E-state index contributed by atoms with van der Waals surface area (Å²) in [7, 11) is 0. The Morgan fingerprint density at radius 2 is 2.04 bits per heavy atom. The first-order valence-electron chi connectivity index (χ1n) is 10.2. The van der Waals surface area contributed by atoms with Gasteiger partial charge in [-0.3, -0.25) is 9.89 Å². The minimum absolute atomic E-state index is 0.254. The van der Waals surface area contributed by atoms with Crippen molar-refractivity contribution in [3.05, 3.63) is 59.5 Å². The SMILES string of the molecule is CCNC(=NCC(c1cccc(C)c1)N1CCOCC1)NCCc1ccco1. The maximum atomic E-state index is 5.55. The summed E-state index contributed by atoms with van der Waals surface area (Å²) < 4.78 is 11.0. The zero-order valence-electron chi connectivity index (χ0n) is 17.0. The highest BCUT2D eigenvalue weighted by Gasteiger charge is 2.22. The van der Waals surface area contributed by atoms with E-state index >= 15 is 0 Å². The van der Waals surface area contributed by atoms with Crippen molar-refractivity contribution in [2.24, 2.45) is 4.99 Å². The fourth-order valence-electron chi connectivity index (χ4n) is 3.48. The summed E-state index contributed by atoms with van der Waals surface area (Å²) in [6.45, 7) is 10.0. The Morgan fingerprint density at radius 3 is 2.75 bits per heavy atom. The maximum absolute atomic E-state index is 5.55. The van der Waals surface area contributed by atoms with Crippen LogP contribution in [0.15, 0.2) is 52.1 Å². The molecule has 1 fully saturated rings. The summed E-state index contributed by atoms with van der Waals surface area (Å²) in [4.78, 5) is 7.38. The number of ether oxygens (including phenoxy) is 1. The van der Waals surface area contributed by atoms with Gasteiger partial charge in [-0.15, -0.1) is 0 Å². The van der Waals surface area contributed by atoms with E-state index in [0.29, 0.717) is 6.54 Å². The lowest BCUT2D eigenvalue weighted by atomic mass is 10.0. The van der Waals surface area contributed by atoms with Gasteiger partial charge in [-0.2, -0.15) is 0 Å². The van der Waals surface area contributed by atoms with E-state index in [0.717, 1.165) is 57.5 Å². The Kier molecular flexibility index (Phi) is 7.94. The van der Waals surface area contributed by atoms with Crippen LogP contribution >= 0.6 is 0 Å². The summed E-state index contributed by atoms with van der Waals surface area (Å²) in [5, 5.41) is 6.76. The van der Waals surface area contributed by atoms with E-state index in [2.05, 4.69) is 53.6 Å². The average molecular weight is 385 g/mol. The van der Waals surface area contributed by atoms with Crippen molar-refractivity contribution < 1.29 is 9.15 Å². The first-order chi connectivity index (χ1) is 13.8. The second-order valence-corrected chi connectivity index (χ2v) is 7.05. The standard InChI is InChI=1S/C22H32N4O2/c1-3-23-22(24-10-9-20-8-5-13-28-20)25-17-21(26-11-14-27-15-12-26)19-7-4-6-18(2)16-19/h4-8,13,16,21H,3,9-12,14-15,17H2,1-2H3,(H2,23,24,25). The molecule has 1 saturated heterocycles. The summed E-state index contributed by atoms with van der Waals surface area (Å²) in [6, 6.07) is 12.9. The number of benzene rings is 1. The molecular weight excluding hydrogens is 352 g/mol. The number of aliphatic imine (C=N–C) groups is 1. The molecular formula is C22H32N4O2. The summed E-state index contributed by atoms with van der Waals surface area (Å²) in [5.41, 5.74) is 2.60. The average Bonchev–Trinajstić information content (AvgIpc) is 3.22. The molecule has 6 nitrogen and oxygen atoms in total. The third-order valence-electron chi connectivity index (χ3n) is 4.92. The van der Waals surface area contributed by atoms with Crippen LogP contribution in [0.5, 0.6) is 0 Å². The highest BCUT2D eigenvalue weighted by molar-refractivity contribution is 5.79. The van der Waals surface area contributed by atoms with Crippen LogP contribution in [-0.4, -0.2) is 56.8 Å². The monoisotopic (exact) mass is 384 g/mol. The molecule has 0 radical (unpaired) electrons. The van der Waals surface area contributed by atoms with Gasteiger partial charge in [0.15, 0.2) is 5.96 Å². The van der Waals surface area contributed by atoms with Crippen LogP contribution in [0.2, 0.25) is 0 Å². The number of nitrogens with zero attached hydrogens (tertiary/aromatic N) is 2. The third kappa shape index (κ3) is 6.11. The highest BCUT2D eigenvalue weighted by Crippen LogP contribution is 2.23. The van der Waals surface area contributed by atoms with Crippen molar-refractivity contribution in [1.29, 1.82) is 0 Å². The van der Waals surface area contributed by atoms with Crippen molar-refractivity contribution >= 4 is 5.96 Å². The molecule has 0 saturated carbocycles. The molecule has 1 atom stereocenters. The molecule has 2 aromatic rings. The lowest BCUT2D eigenvalue weighted by molar-refractivity contribution is 0.0179. The number of rotatable bonds is 8. The van der Waals surface area contributed by atoms with Crippen molar-refractivity contribution in [2.45, 2.75) is 26.3 Å². The first kappa shape index (κ1) is 20.4. The van der Waals surface area contributed by atoms with Crippen LogP contribution in [0, 0.1) is 6.92 Å². The zero-order chi connectivity index (χ0) is 19.6. The number of aryl methyl sites for hydroxylation is 1. The van der Waals surface area contributed by atoms with E-state index in [1.54, 1.807) is 6.26 Å². The molecule has 1 aromatic carbocycles. The molecule has 28 heavy (non-hydrogen) atoms. The molecule has 0 amide bonds. The van der Waals surface area contributed by atoms with Crippen molar-refractivity contribution in [3.63, 3.8) is 0 Å². The lowest BCUT2D eigenvalue weighted by Crippen LogP contribution is -2.42. The predicted molar refractivity (Wildman–Crippen MR) is 113 cm³/mol. The lowest BCUT2D eigenvalue weighted by Gasteiger charge is -2.34. The second kappa shape index (κ2) is 10.9. The minimum atomic E-state index is 0.254. The smallest absolute Gasteiger partial charge is 0.191 e.